The molecule has 0 bridgehead atoms. The Morgan fingerprint density at radius 3 is 2.28 bits per heavy atom. The summed E-state index contributed by atoms with van der Waals surface area (Å²) in [5, 5.41) is 0. The van der Waals surface area contributed by atoms with Gasteiger partial charge in [-0.1, -0.05) is 13.3 Å². The summed E-state index contributed by atoms with van der Waals surface area (Å²) in [7, 11) is 3.98. The van der Waals surface area contributed by atoms with Gasteiger partial charge in [0.1, 0.15) is 0 Å². The van der Waals surface area contributed by atoms with Crippen LogP contribution in [0.4, 0.5) is 4.79 Å². The normalized spacial score (nSPS) is 29.2. The number of carbonyl (C=O) groups excluding carboxylic acids is 3. The van der Waals surface area contributed by atoms with Crippen molar-refractivity contribution < 1.29 is 19.1 Å². The molecular formula is C28H48N4O4. The average molecular weight is 505 g/mol. The molecular weight excluding hydrogens is 456 g/mol. The monoisotopic (exact) mass is 504 g/mol. The fourth-order valence-electron chi connectivity index (χ4n) is 6.57. The van der Waals surface area contributed by atoms with E-state index in [9.17, 15) is 14.4 Å². The van der Waals surface area contributed by atoms with Crippen LogP contribution in [0.15, 0.2) is 0 Å². The molecule has 5 atom stereocenters. The van der Waals surface area contributed by atoms with E-state index in [1.807, 2.05) is 30.7 Å². The molecule has 4 rings (SSSR count). The molecule has 0 aromatic heterocycles. The number of likely N-dealkylation sites (N-methyl/N-ethyl adjacent to an activating group) is 2. The van der Waals surface area contributed by atoms with Crippen LogP contribution in [0.25, 0.3) is 0 Å². The predicted octanol–water partition coefficient (Wildman–Crippen LogP) is 3.59. The van der Waals surface area contributed by atoms with Gasteiger partial charge >= 0.3 is 6.09 Å². The van der Waals surface area contributed by atoms with E-state index in [4.69, 9.17) is 4.74 Å². The van der Waals surface area contributed by atoms with Crippen LogP contribution in [0.1, 0.15) is 79.1 Å². The van der Waals surface area contributed by atoms with E-state index in [0.29, 0.717) is 31.0 Å². The minimum atomic E-state index is -0.245. The lowest BCUT2D eigenvalue weighted by atomic mass is 9.72. The lowest BCUT2D eigenvalue weighted by Gasteiger charge is -2.54. The summed E-state index contributed by atoms with van der Waals surface area (Å²) in [4.78, 5) is 47.2. The first-order valence-corrected chi connectivity index (χ1v) is 14.3. The first-order valence-electron chi connectivity index (χ1n) is 14.3. The maximum Gasteiger partial charge on any atom is 0.410 e. The van der Waals surface area contributed by atoms with Crippen molar-refractivity contribution in [1.82, 2.24) is 19.6 Å². The van der Waals surface area contributed by atoms with Crippen molar-refractivity contribution >= 4 is 17.9 Å². The van der Waals surface area contributed by atoms with Gasteiger partial charge < -0.3 is 19.4 Å². The lowest BCUT2D eigenvalue weighted by molar-refractivity contribution is -0.146. The third-order valence-corrected chi connectivity index (χ3v) is 8.90. The van der Waals surface area contributed by atoms with Crippen LogP contribution < -0.4 is 0 Å². The maximum absolute atomic E-state index is 13.3. The molecule has 1 saturated heterocycles. The number of nitrogens with zero attached hydrogens (tertiary/aromatic N) is 4. The molecule has 3 amide bonds. The minimum Gasteiger partial charge on any atom is -0.447 e. The molecule has 0 N–H and O–H groups in total. The molecule has 1 aliphatic heterocycles. The standard InChI is InChI=1S/C28H48N4O4/c1-7-20(16-29(5)17-26(33)30(6)23-11-12-23)22-10-13-24-25(14-22)31(28(35)36-18(2)3)15-19(4)32(24)27(34)21-8-9-21/h18-25H,7-17H2,1-6H3/t19-,20?,22?,24?,25?/m0/s1. The minimum absolute atomic E-state index is 0.00381. The lowest BCUT2D eigenvalue weighted by Crippen LogP contribution is -2.67. The molecule has 3 aliphatic carbocycles. The highest BCUT2D eigenvalue weighted by Gasteiger charge is 2.50. The van der Waals surface area contributed by atoms with E-state index < -0.39 is 0 Å². The van der Waals surface area contributed by atoms with E-state index >= 15 is 0 Å². The van der Waals surface area contributed by atoms with Gasteiger partial charge in [0.25, 0.3) is 0 Å². The molecule has 0 aromatic carbocycles. The summed E-state index contributed by atoms with van der Waals surface area (Å²) < 4.78 is 5.65. The largest absolute Gasteiger partial charge is 0.447 e. The third kappa shape index (κ3) is 6.17. The average Bonchev–Trinajstić information content (AvgIpc) is 3.73. The summed E-state index contributed by atoms with van der Waals surface area (Å²) in [6.45, 7) is 9.96. The molecule has 0 spiro atoms. The smallest absolute Gasteiger partial charge is 0.410 e. The SMILES string of the molecule is CCC(CN(C)CC(=O)N(C)C1CC1)C1CCC2C(C1)N(C(=O)OC(C)C)C[C@H](C)N2C(=O)C1CC1. The van der Waals surface area contributed by atoms with Crippen LogP contribution >= 0.6 is 0 Å². The van der Waals surface area contributed by atoms with Gasteiger partial charge in [-0.05, 0) is 84.6 Å². The van der Waals surface area contributed by atoms with Crippen LogP contribution in [0, 0.1) is 17.8 Å². The van der Waals surface area contributed by atoms with Gasteiger partial charge in [-0.25, -0.2) is 4.79 Å². The van der Waals surface area contributed by atoms with Crippen molar-refractivity contribution in [1.29, 1.82) is 0 Å². The Kier molecular flexibility index (Phi) is 8.52. The second-order valence-electron chi connectivity index (χ2n) is 12.3. The Bertz CT molecular complexity index is 811. The van der Waals surface area contributed by atoms with Crippen LogP contribution in [0.5, 0.6) is 0 Å². The predicted molar refractivity (Wildman–Crippen MR) is 139 cm³/mol. The van der Waals surface area contributed by atoms with E-state index in [1.165, 1.54) is 0 Å². The van der Waals surface area contributed by atoms with E-state index in [-0.39, 0.29) is 48.1 Å². The van der Waals surface area contributed by atoms with Crippen molar-refractivity contribution in [2.45, 2.75) is 109 Å². The summed E-state index contributed by atoms with van der Waals surface area (Å²) in [5.41, 5.74) is 0. The third-order valence-electron chi connectivity index (χ3n) is 8.90. The quantitative estimate of drug-likeness (QED) is 0.480. The second-order valence-corrected chi connectivity index (χ2v) is 12.3. The number of hydrogen-bond donors (Lipinski definition) is 0. The van der Waals surface area contributed by atoms with Gasteiger partial charge in [0.2, 0.25) is 11.8 Å². The number of piperazine rings is 1. The molecule has 4 unspecified atom stereocenters. The Balaban J connectivity index is 1.45. The fourth-order valence-corrected chi connectivity index (χ4v) is 6.57. The number of rotatable bonds is 9. The van der Waals surface area contributed by atoms with Crippen LogP contribution in [-0.4, -0.2) is 102 Å². The van der Waals surface area contributed by atoms with Gasteiger partial charge in [-0.15, -0.1) is 0 Å². The van der Waals surface area contributed by atoms with Crippen LogP contribution in [0.2, 0.25) is 0 Å². The highest BCUT2D eigenvalue weighted by atomic mass is 16.6. The molecule has 8 heteroatoms. The van der Waals surface area contributed by atoms with Crippen molar-refractivity contribution in [3.63, 3.8) is 0 Å². The number of carbonyl (C=O) groups is 3. The van der Waals surface area contributed by atoms with Crippen molar-refractivity contribution in [2.24, 2.45) is 17.8 Å². The van der Waals surface area contributed by atoms with E-state index in [1.54, 1.807) is 0 Å². The molecule has 204 valence electrons. The van der Waals surface area contributed by atoms with Crippen molar-refractivity contribution in [3.05, 3.63) is 0 Å². The zero-order chi connectivity index (χ0) is 26.1. The summed E-state index contributed by atoms with van der Waals surface area (Å²) >= 11 is 0. The zero-order valence-electron chi connectivity index (χ0n) is 23.3. The Hall–Kier alpha value is -1.83. The molecule has 8 nitrogen and oxygen atoms in total. The van der Waals surface area contributed by atoms with Crippen molar-refractivity contribution in [3.8, 4) is 0 Å². The topological polar surface area (TPSA) is 73.4 Å². The first-order chi connectivity index (χ1) is 17.1. The number of amides is 3. The number of ether oxygens (including phenoxy) is 1. The maximum atomic E-state index is 13.3. The zero-order valence-corrected chi connectivity index (χ0v) is 23.3. The molecule has 3 saturated carbocycles. The summed E-state index contributed by atoms with van der Waals surface area (Å²) in [6, 6.07) is 0.519. The Labute approximate surface area is 217 Å². The van der Waals surface area contributed by atoms with E-state index in [0.717, 1.165) is 57.9 Å². The molecule has 1 heterocycles. The molecule has 4 aliphatic rings. The van der Waals surface area contributed by atoms with Gasteiger partial charge in [-0.3, -0.25) is 14.5 Å². The Morgan fingerprint density at radius 2 is 1.69 bits per heavy atom. The molecule has 36 heavy (non-hydrogen) atoms. The number of fused-ring (bicyclic) bond motifs is 1. The fraction of sp³-hybridized carbons (Fsp3) is 0.893. The van der Waals surface area contributed by atoms with Gasteiger partial charge in [0, 0.05) is 38.1 Å². The second kappa shape index (κ2) is 11.3. The van der Waals surface area contributed by atoms with Crippen LogP contribution in [0.3, 0.4) is 0 Å². The summed E-state index contributed by atoms with van der Waals surface area (Å²) in [5.74, 6) is 1.58. The van der Waals surface area contributed by atoms with Crippen molar-refractivity contribution in [2.75, 3.05) is 33.7 Å². The Morgan fingerprint density at radius 1 is 1.00 bits per heavy atom. The highest BCUT2D eigenvalue weighted by Crippen LogP contribution is 2.42. The van der Waals surface area contributed by atoms with E-state index in [2.05, 4.69) is 30.7 Å². The van der Waals surface area contributed by atoms with Gasteiger partial charge in [0.05, 0.1) is 24.7 Å². The first kappa shape index (κ1) is 27.2. The summed E-state index contributed by atoms with van der Waals surface area (Å²) in [6.07, 6.45) is 7.75. The molecule has 0 radical (unpaired) electrons. The molecule has 0 aromatic rings. The van der Waals surface area contributed by atoms with Gasteiger partial charge in [0.15, 0.2) is 0 Å². The number of hydrogen-bond acceptors (Lipinski definition) is 5. The molecule has 4 fully saturated rings. The van der Waals surface area contributed by atoms with Gasteiger partial charge in [-0.2, -0.15) is 0 Å². The highest BCUT2D eigenvalue weighted by molar-refractivity contribution is 5.82. The van der Waals surface area contributed by atoms with Crippen LogP contribution in [-0.2, 0) is 14.3 Å².